The molecule has 1 aromatic rings. The Labute approximate surface area is 95.8 Å². The van der Waals surface area contributed by atoms with Gasteiger partial charge in [-0.2, -0.15) is 0 Å². The van der Waals surface area contributed by atoms with Crippen LogP contribution in [0.3, 0.4) is 0 Å². The molecule has 0 aliphatic carbocycles. The predicted molar refractivity (Wildman–Crippen MR) is 62.0 cm³/mol. The average molecular weight is 229 g/mol. The molecule has 0 radical (unpaired) electrons. The van der Waals surface area contributed by atoms with Crippen LogP contribution >= 0.6 is 11.6 Å². The highest BCUT2D eigenvalue weighted by atomic mass is 35.5. The number of nitrogens with one attached hydrogen (secondary N) is 1. The molecule has 3 nitrogen and oxygen atoms in total. The maximum absolute atomic E-state index is 5.74. The summed E-state index contributed by atoms with van der Waals surface area (Å²) in [5, 5.41) is 4.00. The molecule has 0 fully saturated rings. The van der Waals surface area contributed by atoms with E-state index < -0.39 is 0 Å². The quantitative estimate of drug-likeness (QED) is 0.840. The highest BCUT2D eigenvalue weighted by Gasteiger charge is 2.09. The van der Waals surface area contributed by atoms with E-state index >= 15 is 0 Å². The minimum Gasteiger partial charge on any atom is -0.380 e. The standard InChI is InChI=1S/C11H17ClN2O/c1-8(9(2)15-3)13-7-11-5-4-10(12)6-14-11/h4-6,8-9,13H,7H2,1-3H3. The van der Waals surface area contributed by atoms with Crippen molar-refractivity contribution >= 4 is 11.6 Å². The van der Waals surface area contributed by atoms with E-state index in [1.165, 1.54) is 0 Å². The average Bonchev–Trinajstić information content (AvgIpc) is 2.26. The van der Waals surface area contributed by atoms with Crippen molar-refractivity contribution in [3.8, 4) is 0 Å². The Balaban J connectivity index is 2.40. The molecule has 84 valence electrons. The minimum atomic E-state index is 0.192. The van der Waals surface area contributed by atoms with Crippen molar-refractivity contribution in [2.45, 2.75) is 32.5 Å². The molecule has 4 heteroatoms. The van der Waals surface area contributed by atoms with E-state index in [1.807, 2.05) is 19.1 Å². The minimum absolute atomic E-state index is 0.192. The molecule has 1 rings (SSSR count). The van der Waals surface area contributed by atoms with Gasteiger partial charge in [0.1, 0.15) is 0 Å². The summed E-state index contributed by atoms with van der Waals surface area (Å²) in [6, 6.07) is 4.06. The van der Waals surface area contributed by atoms with E-state index in [0.717, 1.165) is 12.2 Å². The van der Waals surface area contributed by atoms with Crippen molar-refractivity contribution in [1.29, 1.82) is 0 Å². The first-order chi connectivity index (χ1) is 7.13. The number of ether oxygens (including phenoxy) is 1. The van der Waals surface area contributed by atoms with Crippen LogP contribution in [-0.4, -0.2) is 24.2 Å². The normalized spacial score (nSPS) is 14.9. The van der Waals surface area contributed by atoms with E-state index in [-0.39, 0.29) is 6.10 Å². The van der Waals surface area contributed by atoms with Crippen molar-refractivity contribution in [3.05, 3.63) is 29.0 Å². The lowest BCUT2D eigenvalue weighted by molar-refractivity contribution is 0.0881. The van der Waals surface area contributed by atoms with E-state index in [2.05, 4.69) is 17.2 Å². The zero-order valence-electron chi connectivity index (χ0n) is 9.33. The molecule has 0 aliphatic heterocycles. The van der Waals surface area contributed by atoms with E-state index in [9.17, 15) is 0 Å². The molecule has 15 heavy (non-hydrogen) atoms. The zero-order valence-corrected chi connectivity index (χ0v) is 10.1. The maximum Gasteiger partial charge on any atom is 0.0693 e. The molecular formula is C11H17ClN2O. The molecule has 0 aliphatic rings. The van der Waals surface area contributed by atoms with Gasteiger partial charge in [0.2, 0.25) is 0 Å². The largest absolute Gasteiger partial charge is 0.380 e. The molecule has 0 saturated carbocycles. The fourth-order valence-electron chi connectivity index (χ4n) is 1.15. The summed E-state index contributed by atoms with van der Waals surface area (Å²) in [7, 11) is 1.71. The van der Waals surface area contributed by atoms with Gasteiger partial charge in [-0.25, -0.2) is 0 Å². The number of hydrogen-bond donors (Lipinski definition) is 1. The van der Waals surface area contributed by atoms with Crippen LogP contribution in [0.4, 0.5) is 0 Å². The van der Waals surface area contributed by atoms with Gasteiger partial charge in [0.05, 0.1) is 16.8 Å². The number of halogens is 1. The number of rotatable bonds is 5. The second-order valence-corrected chi connectivity index (χ2v) is 4.01. The Morgan fingerprint density at radius 3 is 2.73 bits per heavy atom. The zero-order chi connectivity index (χ0) is 11.3. The Hall–Kier alpha value is -0.640. The van der Waals surface area contributed by atoms with Crippen LogP contribution in [0.1, 0.15) is 19.5 Å². The van der Waals surface area contributed by atoms with Crippen LogP contribution in [0.2, 0.25) is 5.02 Å². The first-order valence-corrected chi connectivity index (χ1v) is 5.38. The summed E-state index contributed by atoms with van der Waals surface area (Å²) in [6.45, 7) is 4.85. The van der Waals surface area contributed by atoms with Gasteiger partial charge in [-0.1, -0.05) is 11.6 Å². The molecule has 0 amide bonds. The van der Waals surface area contributed by atoms with Crippen LogP contribution in [0.25, 0.3) is 0 Å². The third-order valence-electron chi connectivity index (χ3n) is 2.47. The fraction of sp³-hybridized carbons (Fsp3) is 0.545. The SMILES string of the molecule is COC(C)C(C)NCc1ccc(Cl)cn1. The number of methoxy groups -OCH3 is 1. The van der Waals surface area contributed by atoms with Gasteiger partial charge < -0.3 is 10.1 Å². The molecular weight excluding hydrogens is 212 g/mol. The smallest absolute Gasteiger partial charge is 0.0693 e. The third kappa shape index (κ3) is 4.16. The maximum atomic E-state index is 5.74. The van der Waals surface area contributed by atoms with Crippen LogP contribution in [0.5, 0.6) is 0 Å². The van der Waals surface area contributed by atoms with Crippen molar-refractivity contribution in [2.24, 2.45) is 0 Å². The molecule has 0 saturated heterocycles. The lowest BCUT2D eigenvalue weighted by Crippen LogP contribution is -2.36. The predicted octanol–water partition coefficient (Wildman–Crippen LogP) is 2.25. The molecule has 0 aromatic carbocycles. The Kier molecular flexibility index (Phi) is 5.02. The first kappa shape index (κ1) is 12.4. The Bertz CT molecular complexity index is 289. The van der Waals surface area contributed by atoms with Gasteiger partial charge in [0, 0.05) is 25.9 Å². The molecule has 0 spiro atoms. The van der Waals surface area contributed by atoms with Crippen molar-refractivity contribution in [3.63, 3.8) is 0 Å². The number of nitrogens with zero attached hydrogens (tertiary/aromatic N) is 1. The van der Waals surface area contributed by atoms with Crippen molar-refractivity contribution < 1.29 is 4.74 Å². The number of pyridine rings is 1. The van der Waals surface area contributed by atoms with Gasteiger partial charge in [-0.15, -0.1) is 0 Å². The Morgan fingerprint density at radius 1 is 1.47 bits per heavy atom. The number of hydrogen-bond acceptors (Lipinski definition) is 3. The molecule has 1 heterocycles. The van der Waals surface area contributed by atoms with Crippen LogP contribution < -0.4 is 5.32 Å². The van der Waals surface area contributed by atoms with Crippen LogP contribution in [0, 0.1) is 0 Å². The highest BCUT2D eigenvalue weighted by Crippen LogP contribution is 2.06. The molecule has 1 N–H and O–H groups in total. The van der Waals surface area contributed by atoms with Crippen LogP contribution in [-0.2, 0) is 11.3 Å². The Morgan fingerprint density at radius 2 is 2.20 bits per heavy atom. The lowest BCUT2D eigenvalue weighted by atomic mass is 10.2. The topological polar surface area (TPSA) is 34.1 Å². The number of aromatic nitrogens is 1. The third-order valence-corrected chi connectivity index (χ3v) is 2.69. The van der Waals surface area contributed by atoms with Gasteiger partial charge in [0.15, 0.2) is 0 Å². The summed E-state index contributed by atoms with van der Waals surface area (Å²) < 4.78 is 5.22. The summed E-state index contributed by atoms with van der Waals surface area (Å²) in [4.78, 5) is 4.20. The molecule has 2 unspecified atom stereocenters. The van der Waals surface area contributed by atoms with Crippen LogP contribution in [0.15, 0.2) is 18.3 Å². The van der Waals surface area contributed by atoms with Gasteiger partial charge >= 0.3 is 0 Å². The molecule has 1 aromatic heterocycles. The van der Waals surface area contributed by atoms with Crippen molar-refractivity contribution in [2.75, 3.05) is 7.11 Å². The van der Waals surface area contributed by atoms with Gasteiger partial charge in [-0.05, 0) is 26.0 Å². The van der Waals surface area contributed by atoms with E-state index in [4.69, 9.17) is 16.3 Å². The summed E-state index contributed by atoms with van der Waals surface area (Å²) in [5.74, 6) is 0. The summed E-state index contributed by atoms with van der Waals surface area (Å²) in [5.41, 5.74) is 0.981. The second kappa shape index (κ2) is 6.05. The fourth-order valence-corrected chi connectivity index (χ4v) is 1.26. The van der Waals surface area contributed by atoms with E-state index in [1.54, 1.807) is 13.3 Å². The first-order valence-electron chi connectivity index (χ1n) is 5.00. The molecule has 0 bridgehead atoms. The summed E-state index contributed by atoms with van der Waals surface area (Å²) in [6.07, 6.45) is 1.85. The lowest BCUT2D eigenvalue weighted by Gasteiger charge is -2.19. The second-order valence-electron chi connectivity index (χ2n) is 3.58. The van der Waals surface area contributed by atoms with E-state index in [0.29, 0.717) is 11.1 Å². The monoisotopic (exact) mass is 228 g/mol. The summed E-state index contributed by atoms with van der Waals surface area (Å²) >= 11 is 5.74. The van der Waals surface area contributed by atoms with Gasteiger partial charge in [-0.3, -0.25) is 4.98 Å². The highest BCUT2D eigenvalue weighted by molar-refractivity contribution is 6.30. The molecule has 2 atom stereocenters. The van der Waals surface area contributed by atoms with Crippen molar-refractivity contribution in [1.82, 2.24) is 10.3 Å². The van der Waals surface area contributed by atoms with Gasteiger partial charge in [0.25, 0.3) is 0 Å².